The lowest BCUT2D eigenvalue weighted by molar-refractivity contribution is 0.0252. The number of nitrogens with zero attached hydrogens (tertiary/aromatic N) is 1. The van der Waals surface area contributed by atoms with E-state index in [0.717, 1.165) is 16.7 Å². The van der Waals surface area contributed by atoms with Gasteiger partial charge in [0, 0.05) is 36.6 Å². The third-order valence-electron chi connectivity index (χ3n) is 6.14. The Bertz CT molecular complexity index is 1160. The van der Waals surface area contributed by atoms with Crippen LogP contribution in [-0.2, 0) is 11.2 Å². The number of ether oxygens (including phenoxy) is 1. The van der Waals surface area contributed by atoms with Crippen molar-refractivity contribution in [1.29, 1.82) is 0 Å². The zero-order valence-corrected chi connectivity index (χ0v) is 18.2. The quantitative estimate of drug-likeness (QED) is 0.598. The van der Waals surface area contributed by atoms with Gasteiger partial charge in [-0.1, -0.05) is 60.1 Å². The van der Waals surface area contributed by atoms with Gasteiger partial charge in [-0.05, 0) is 41.0 Å². The van der Waals surface area contributed by atoms with Crippen LogP contribution in [0.25, 0.3) is 0 Å². The number of benzene rings is 3. The molecule has 2 unspecified atom stereocenters. The van der Waals surface area contributed by atoms with E-state index in [1.54, 1.807) is 12.1 Å². The van der Waals surface area contributed by atoms with Gasteiger partial charge in [-0.3, -0.25) is 4.79 Å². The largest absolute Gasteiger partial charge is 0.454 e. The summed E-state index contributed by atoms with van der Waals surface area (Å²) in [6.45, 7) is 1.84. The van der Waals surface area contributed by atoms with Crippen molar-refractivity contribution in [3.8, 4) is 0 Å². The van der Waals surface area contributed by atoms with Crippen LogP contribution in [0.5, 0.6) is 0 Å². The highest BCUT2D eigenvalue weighted by molar-refractivity contribution is 6.31. The highest BCUT2D eigenvalue weighted by Gasteiger charge is 2.30. The fourth-order valence-electron chi connectivity index (χ4n) is 4.47. The molecule has 2 atom stereocenters. The molecule has 0 bridgehead atoms. The predicted octanol–water partition coefficient (Wildman–Crippen LogP) is 4.58. The smallest absolute Gasteiger partial charge is 0.339 e. The Morgan fingerprint density at radius 2 is 1.81 bits per heavy atom. The summed E-state index contributed by atoms with van der Waals surface area (Å²) in [5.74, 6) is -0.387. The second-order valence-corrected chi connectivity index (χ2v) is 8.57. The van der Waals surface area contributed by atoms with Crippen LogP contribution in [0.3, 0.4) is 0 Å². The van der Waals surface area contributed by atoms with Gasteiger partial charge < -0.3 is 15.0 Å². The molecule has 0 radical (unpaired) electrons. The number of halogens is 1. The molecule has 3 aromatic rings. The third kappa shape index (κ3) is 4.01. The third-order valence-corrected chi connectivity index (χ3v) is 6.49. The molecule has 1 N–H and O–H groups in total. The van der Waals surface area contributed by atoms with Crippen molar-refractivity contribution in [2.75, 3.05) is 19.6 Å². The lowest BCUT2D eigenvalue weighted by Crippen LogP contribution is -2.48. The summed E-state index contributed by atoms with van der Waals surface area (Å²) in [4.78, 5) is 27.7. The topological polar surface area (TPSA) is 58.6 Å². The van der Waals surface area contributed by atoms with Gasteiger partial charge in [0.05, 0.1) is 11.6 Å². The van der Waals surface area contributed by atoms with Gasteiger partial charge in [0.25, 0.3) is 5.91 Å². The van der Waals surface area contributed by atoms with Crippen molar-refractivity contribution in [3.05, 3.63) is 106 Å². The number of fused-ring (bicyclic) bond motifs is 1. The first-order valence-electron chi connectivity index (χ1n) is 10.8. The number of rotatable bonds is 3. The predicted molar refractivity (Wildman–Crippen MR) is 123 cm³/mol. The number of nitrogens with one attached hydrogen (secondary N) is 1. The highest BCUT2D eigenvalue weighted by Crippen LogP contribution is 2.32. The Kier molecular flexibility index (Phi) is 5.68. The van der Waals surface area contributed by atoms with E-state index in [1.165, 1.54) is 0 Å². The number of amides is 1. The molecule has 2 aliphatic heterocycles. The van der Waals surface area contributed by atoms with Gasteiger partial charge in [-0.25, -0.2) is 4.79 Å². The number of hydrogen-bond donors (Lipinski definition) is 1. The molecular weight excluding hydrogens is 424 g/mol. The Hall–Kier alpha value is -3.15. The number of hydrogen-bond acceptors (Lipinski definition) is 4. The fraction of sp³-hybridized carbons (Fsp3) is 0.231. The zero-order valence-electron chi connectivity index (χ0n) is 17.5. The molecule has 1 fully saturated rings. The van der Waals surface area contributed by atoms with Gasteiger partial charge in [-0.15, -0.1) is 0 Å². The minimum atomic E-state index is -0.347. The lowest BCUT2D eigenvalue weighted by Gasteiger charge is -2.34. The minimum absolute atomic E-state index is 0.0172. The molecule has 1 amide bonds. The van der Waals surface area contributed by atoms with Crippen LogP contribution < -0.4 is 5.32 Å². The number of esters is 1. The van der Waals surface area contributed by atoms with Crippen LogP contribution in [0.15, 0.2) is 72.8 Å². The molecular formula is C26H23ClN2O3. The van der Waals surface area contributed by atoms with Crippen LogP contribution in [-0.4, -0.2) is 36.4 Å². The van der Waals surface area contributed by atoms with E-state index in [4.69, 9.17) is 16.3 Å². The summed E-state index contributed by atoms with van der Waals surface area (Å²) < 4.78 is 5.63. The average molecular weight is 447 g/mol. The Morgan fingerprint density at radius 1 is 1.03 bits per heavy atom. The molecule has 0 saturated carbocycles. The van der Waals surface area contributed by atoms with Crippen molar-refractivity contribution < 1.29 is 14.3 Å². The monoisotopic (exact) mass is 446 g/mol. The maximum absolute atomic E-state index is 13.3. The number of cyclic esters (lactones) is 1. The summed E-state index contributed by atoms with van der Waals surface area (Å²) in [7, 11) is 0. The summed E-state index contributed by atoms with van der Waals surface area (Å²) in [6, 6.07) is 22.7. The van der Waals surface area contributed by atoms with E-state index < -0.39 is 0 Å². The van der Waals surface area contributed by atoms with Crippen molar-refractivity contribution >= 4 is 23.5 Å². The van der Waals surface area contributed by atoms with E-state index in [-0.39, 0.29) is 24.0 Å². The maximum atomic E-state index is 13.3. The van der Waals surface area contributed by atoms with Crippen LogP contribution in [0.4, 0.5) is 0 Å². The summed E-state index contributed by atoms with van der Waals surface area (Å²) in [6.07, 6.45) is 0.209. The van der Waals surface area contributed by atoms with Crippen LogP contribution in [0.1, 0.15) is 49.6 Å². The first kappa shape index (κ1) is 20.7. The number of piperazine rings is 1. The molecule has 5 nitrogen and oxygen atoms in total. The number of carbonyl (C=O) groups excluding carboxylic acids is 2. The van der Waals surface area contributed by atoms with Crippen LogP contribution >= 0.6 is 11.6 Å². The molecule has 2 aliphatic rings. The van der Waals surface area contributed by atoms with Crippen molar-refractivity contribution in [2.45, 2.75) is 18.6 Å². The zero-order chi connectivity index (χ0) is 22.1. The summed E-state index contributed by atoms with van der Waals surface area (Å²) in [5, 5.41) is 4.15. The van der Waals surface area contributed by atoms with Gasteiger partial charge in [0.1, 0.15) is 6.10 Å². The molecule has 3 aromatic carbocycles. The second kappa shape index (κ2) is 8.77. The molecule has 6 heteroatoms. The normalized spacial score (nSPS) is 20.4. The van der Waals surface area contributed by atoms with Gasteiger partial charge >= 0.3 is 5.97 Å². The molecule has 0 aromatic heterocycles. The van der Waals surface area contributed by atoms with Crippen molar-refractivity contribution in [1.82, 2.24) is 10.2 Å². The van der Waals surface area contributed by atoms with E-state index in [1.807, 2.05) is 65.6 Å². The first-order valence-corrected chi connectivity index (χ1v) is 11.1. The Labute approximate surface area is 192 Å². The lowest BCUT2D eigenvalue weighted by atomic mass is 9.93. The van der Waals surface area contributed by atoms with E-state index in [9.17, 15) is 9.59 Å². The Morgan fingerprint density at radius 3 is 2.62 bits per heavy atom. The first-order chi connectivity index (χ1) is 15.6. The molecule has 2 heterocycles. The molecule has 5 rings (SSSR count). The molecule has 1 saturated heterocycles. The van der Waals surface area contributed by atoms with Gasteiger partial charge in [0.2, 0.25) is 0 Å². The highest BCUT2D eigenvalue weighted by atomic mass is 35.5. The van der Waals surface area contributed by atoms with E-state index in [2.05, 4.69) is 5.32 Å². The fourth-order valence-corrected chi connectivity index (χ4v) is 4.73. The standard InChI is InChI=1S/C26H23ClN2O3/c27-22-9-5-4-8-21(22)23-16-29(13-12-28-23)25(30)18-10-11-20-19(14-18)15-24(32-26(20)31)17-6-2-1-3-7-17/h1-11,14,23-24,28H,12-13,15-16H2. The van der Waals surface area contributed by atoms with E-state index in [0.29, 0.717) is 42.2 Å². The van der Waals surface area contributed by atoms with Gasteiger partial charge in [-0.2, -0.15) is 0 Å². The number of carbonyl (C=O) groups is 2. The molecule has 162 valence electrons. The SMILES string of the molecule is O=C1OC(c2ccccc2)Cc2cc(C(=O)N3CCNC(c4ccccc4Cl)C3)ccc21. The minimum Gasteiger partial charge on any atom is -0.454 e. The molecule has 0 spiro atoms. The van der Waals surface area contributed by atoms with Crippen molar-refractivity contribution in [2.24, 2.45) is 0 Å². The second-order valence-electron chi connectivity index (χ2n) is 8.16. The summed E-state index contributed by atoms with van der Waals surface area (Å²) in [5.41, 5.74) is 3.91. The van der Waals surface area contributed by atoms with Crippen molar-refractivity contribution in [3.63, 3.8) is 0 Å². The maximum Gasteiger partial charge on any atom is 0.339 e. The average Bonchev–Trinajstić information content (AvgIpc) is 2.84. The molecule has 32 heavy (non-hydrogen) atoms. The van der Waals surface area contributed by atoms with Gasteiger partial charge in [0.15, 0.2) is 0 Å². The summed E-state index contributed by atoms with van der Waals surface area (Å²) >= 11 is 6.37. The molecule has 0 aliphatic carbocycles. The Balaban J connectivity index is 1.37. The van der Waals surface area contributed by atoms with Crippen LogP contribution in [0, 0.1) is 0 Å². The van der Waals surface area contributed by atoms with E-state index >= 15 is 0 Å². The van der Waals surface area contributed by atoms with Crippen LogP contribution in [0.2, 0.25) is 5.02 Å².